The van der Waals surface area contributed by atoms with E-state index in [0.29, 0.717) is 19.6 Å². The molecular weight excluding hydrogens is 302 g/mol. The van der Waals surface area contributed by atoms with Crippen LogP contribution in [0.3, 0.4) is 0 Å². The molecule has 3 unspecified atom stereocenters. The van der Waals surface area contributed by atoms with Gasteiger partial charge in [-0.3, -0.25) is 0 Å². The van der Waals surface area contributed by atoms with E-state index in [9.17, 15) is 9.90 Å². The van der Waals surface area contributed by atoms with Gasteiger partial charge in [0.1, 0.15) is 0 Å². The first-order valence-electron chi connectivity index (χ1n) is 8.82. The van der Waals surface area contributed by atoms with Crippen LogP contribution in [0.4, 0.5) is 4.79 Å². The van der Waals surface area contributed by atoms with Crippen molar-refractivity contribution in [2.45, 2.75) is 51.8 Å². The molecule has 1 fully saturated rings. The lowest BCUT2D eigenvalue weighted by molar-refractivity contribution is 0.0432. The maximum absolute atomic E-state index is 12.3. The second-order valence-electron chi connectivity index (χ2n) is 7.60. The minimum atomic E-state index is -0.422. The van der Waals surface area contributed by atoms with Crippen molar-refractivity contribution in [3.8, 4) is 0 Å². The van der Waals surface area contributed by atoms with E-state index in [1.54, 1.807) is 4.90 Å². The van der Waals surface area contributed by atoms with Crippen LogP contribution in [-0.4, -0.2) is 47.3 Å². The first-order valence-corrected chi connectivity index (χ1v) is 8.82. The van der Waals surface area contributed by atoms with Crippen LogP contribution in [0.25, 0.3) is 0 Å². The van der Waals surface area contributed by atoms with Crippen molar-refractivity contribution in [3.63, 3.8) is 0 Å². The van der Waals surface area contributed by atoms with Gasteiger partial charge in [-0.2, -0.15) is 0 Å². The Morgan fingerprint density at radius 2 is 2.04 bits per heavy atom. The number of hydrogen-bond acceptors (Lipinski definition) is 3. The van der Waals surface area contributed by atoms with Crippen LogP contribution in [0.5, 0.6) is 0 Å². The Morgan fingerprint density at radius 3 is 2.67 bits per heavy atom. The lowest BCUT2D eigenvalue weighted by Gasteiger charge is -2.36. The lowest BCUT2D eigenvalue weighted by Crippen LogP contribution is -2.55. The number of amides is 2. The largest absolute Gasteiger partial charge is 0.391 e. The zero-order valence-corrected chi connectivity index (χ0v) is 15.2. The summed E-state index contributed by atoms with van der Waals surface area (Å²) in [4.78, 5) is 14.0. The van der Waals surface area contributed by atoms with E-state index in [-0.39, 0.29) is 23.5 Å². The average molecular weight is 333 g/mol. The summed E-state index contributed by atoms with van der Waals surface area (Å²) in [5, 5.41) is 16.5. The molecule has 3 atom stereocenters. The van der Waals surface area contributed by atoms with E-state index >= 15 is 0 Å². The number of benzene rings is 1. The van der Waals surface area contributed by atoms with Gasteiger partial charge in [0, 0.05) is 31.2 Å². The Morgan fingerprint density at radius 1 is 1.38 bits per heavy atom. The van der Waals surface area contributed by atoms with Crippen LogP contribution >= 0.6 is 0 Å². The molecule has 134 valence electrons. The van der Waals surface area contributed by atoms with Gasteiger partial charge in [0.05, 0.1) is 6.10 Å². The van der Waals surface area contributed by atoms with Crippen molar-refractivity contribution in [1.29, 1.82) is 0 Å². The van der Waals surface area contributed by atoms with Crippen LogP contribution in [-0.2, 0) is 0 Å². The monoisotopic (exact) mass is 333 g/mol. The van der Waals surface area contributed by atoms with Crippen LogP contribution < -0.4 is 10.6 Å². The Hall–Kier alpha value is -1.59. The maximum Gasteiger partial charge on any atom is 0.317 e. The summed E-state index contributed by atoms with van der Waals surface area (Å²) in [7, 11) is 0. The molecule has 2 amide bonds. The number of hydrogen-bond donors (Lipinski definition) is 3. The number of urea groups is 1. The van der Waals surface area contributed by atoms with E-state index in [4.69, 9.17) is 0 Å². The van der Waals surface area contributed by atoms with Gasteiger partial charge < -0.3 is 20.6 Å². The third-order valence-electron chi connectivity index (χ3n) is 4.79. The third-order valence-corrected chi connectivity index (χ3v) is 4.79. The molecule has 0 bridgehead atoms. The van der Waals surface area contributed by atoms with Crippen LogP contribution in [0.15, 0.2) is 30.3 Å². The Balaban J connectivity index is 1.82. The van der Waals surface area contributed by atoms with Gasteiger partial charge in [0.25, 0.3) is 0 Å². The Labute approximate surface area is 145 Å². The highest BCUT2D eigenvalue weighted by atomic mass is 16.3. The van der Waals surface area contributed by atoms with Gasteiger partial charge in [-0.15, -0.1) is 0 Å². The van der Waals surface area contributed by atoms with Crippen molar-refractivity contribution in [2.75, 3.05) is 19.6 Å². The predicted molar refractivity (Wildman–Crippen MR) is 96.8 cm³/mol. The summed E-state index contributed by atoms with van der Waals surface area (Å²) in [5.74, 6) is 0.263. The van der Waals surface area contributed by atoms with E-state index in [1.807, 2.05) is 25.1 Å². The van der Waals surface area contributed by atoms with Crippen molar-refractivity contribution in [3.05, 3.63) is 35.9 Å². The minimum Gasteiger partial charge on any atom is -0.391 e. The molecule has 5 heteroatoms. The van der Waals surface area contributed by atoms with Gasteiger partial charge in [-0.1, -0.05) is 37.3 Å². The average Bonchev–Trinajstić information content (AvgIpc) is 2.55. The summed E-state index contributed by atoms with van der Waals surface area (Å²) in [5.41, 5.74) is 0.997. The molecule has 0 spiro atoms. The first-order chi connectivity index (χ1) is 11.3. The zero-order chi connectivity index (χ0) is 17.7. The number of carbonyl (C=O) groups is 1. The topological polar surface area (TPSA) is 64.6 Å². The Kier molecular flexibility index (Phi) is 6.24. The van der Waals surface area contributed by atoms with Crippen molar-refractivity contribution < 1.29 is 9.90 Å². The summed E-state index contributed by atoms with van der Waals surface area (Å²) in [6.45, 7) is 9.98. The summed E-state index contributed by atoms with van der Waals surface area (Å²) in [6.07, 6.45) is 0.426. The smallest absolute Gasteiger partial charge is 0.317 e. The molecule has 1 heterocycles. The van der Waals surface area contributed by atoms with Gasteiger partial charge in [0.2, 0.25) is 0 Å². The highest BCUT2D eigenvalue weighted by molar-refractivity contribution is 5.74. The molecule has 1 aliphatic heterocycles. The highest BCUT2D eigenvalue weighted by Crippen LogP contribution is 2.18. The van der Waals surface area contributed by atoms with E-state index in [0.717, 1.165) is 6.42 Å². The number of rotatable bonds is 5. The van der Waals surface area contributed by atoms with Crippen LogP contribution in [0.2, 0.25) is 0 Å². The molecule has 0 aromatic heterocycles. The van der Waals surface area contributed by atoms with Crippen molar-refractivity contribution in [2.24, 2.45) is 5.92 Å². The molecular formula is C19H31N3O2. The van der Waals surface area contributed by atoms with Crippen molar-refractivity contribution >= 4 is 6.03 Å². The van der Waals surface area contributed by atoms with E-state index in [2.05, 4.69) is 43.5 Å². The second kappa shape index (κ2) is 7.99. The third kappa shape index (κ3) is 5.21. The molecule has 1 saturated heterocycles. The van der Waals surface area contributed by atoms with Crippen molar-refractivity contribution in [1.82, 2.24) is 15.5 Å². The van der Waals surface area contributed by atoms with Gasteiger partial charge in [0.15, 0.2) is 0 Å². The number of nitrogens with one attached hydrogen (secondary N) is 2. The lowest BCUT2D eigenvalue weighted by atomic mass is 9.96. The summed E-state index contributed by atoms with van der Waals surface area (Å²) in [6, 6.07) is 10.4. The fraction of sp³-hybridized carbons (Fsp3) is 0.632. The van der Waals surface area contributed by atoms with E-state index in [1.165, 1.54) is 5.56 Å². The normalized spacial score (nSPS) is 23.0. The fourth-order valence-electron chi connectivity index (χ4n) is 3.10. The van der Waals surface area contributed by atoms with E-state index < -0.39 is 6.10 Å². The number of β-amino-alcohol motifs (C(OH)–C–C–N with tert-alkyl or cyclic N) is 1. The SMILES string of the molecule is CC(NC(C)(C)CNC(=O)N1CCC(C)C(O)C1)c1ccccc1. The van der Waals surface area contributed by atoms with Crippen LogP contribution in [0.1, 0.15) is 45.7 Å². The van der Waals surface area contributed by atoms with Gasteiger partial charge in [-0.05, 0) is 38.7 Å². The molecule has 1 aromatic rings. The molecule has 1 aliphatic rings. The number of aliphatic hydroxyl groups is 1. The van der Waals surface area contributed by atoms with Gasteiger partial charge >= 0.3 is 6.03 Å². The number of likely N-dealkylation sites (tertiary alicyclic amines) is 1. The second-order valence-corrected chi connectivity index (χ2v) is 7.60. The molecule has 1 aromatic carbocycles. The predicted octanol–water partition coefficient (Wildman–Crippen LogP) is 2.53. The Bertz CT molecular complexity index is 533. The molecule has 0 radical (unpaired) electrons. The molecule has 0 saturated carbocycles. The number of aliphatic hydroxyl groups excluding tert-OH is 1. The molecule has 5 nitrogen and oxygen atoms in total. The summed E-state index contributed by atoms with van der Waals surface area (Å²) >= 11 is 0. The minimum absolute atomic E-state index is 0.0943. The molecule has 3 N–H and O–H groups in total. The number of piperidine rings is 1. The highest BCUT2D eigenvalue weighted by Gasteiger charge is 2.28. The summed E-state index contributed by atoms with van der Waals surface area (Å²) < 4.78 is 0. The standard InChI is InChI=1S/C19H31N3O2/c1-14-10-11-22(12-17(14)23)18(24)20-13-19(3,4)21-15(2)16-8-6-5-7-9-16/h5-9,14-15,17,21,23H,10-13H2,1-4H3,(H,20,24). The van der Waals surface area contributed by atoms with Gasteiger partial charge in [-0.25, -0.2) is 4.79 Å². The molecule has 0 aliphatic carbocycles. The number of carbonyl (C=O) groups excluding carboxylic acids is 1. The molecule has 2 rings (SSSR count). The molecule has 24 heavy (non-hydrogen) atoms. The fourth-order valence-corrected chi connectivity index (χ4v) is 3.10. The first kappa shape index (κ1) is 18.7. The maximum atomic E-state index is 12.3. The number of nitrogens with zero attached hydrogens (tertiary/aromatic N) is 1. The zero-order valence-electron chi connectivity index (χ0n) is 15.2. The quantitative estimate of drug-likeness (QED) is 0.776. The van der Waals surface area contributed by atoms with Crippen LogP contribution in [0, 0.1) is 5.92 Å².